The smallest absolute Gasteiger partial charge is 0.225 e. The fourth-order valence-corrected chi connectivity index (χ4v) is 3.04. The third-order valence-electron chi connectivity index (χ3n) is 4.54. The molecule has 1 saturated heterocycles. The Bertz CT molecular complexity index is 456. The molecule has 1 amide bonds. The van der Waals surface area contributed by atoms with E-state index < -0.39 is 0 Å². The van der Waals surface area contributed by atoms with Crippen LogP contribution in [0, 0.1) is 11.8 Å². The second-order valence-corrected chi connectivity index (χ2v) is 6.10. The Hall–Kier alpha value is -1.51. The van der Waals surface area contributed by atoms with Gasteiger partial charge >= 0.3 is 0 Å². The summed E-state index contributed by atoms with van der Waals surface area (Å²) in [7, 11) is 1.70. The van der Waals surface area contributed by atoms with Gasteiger partial charge in [0.2, 0.25) is 5.91 Å². The van der Waals surface area contributed by atoms with Crippen molar-refractivity contribution in [3.8, 4) is 5.75 Å². The van der Waals surface area contributed by atoms with Crippen molar-refractivity contribution in [3.63, 3.8) is 0 Å². The number of ether oxygens (including phenoxy) is 1. The molecular weight excluding hydrogens is 250 g/mol. The quantitative estimate of drug-likeness (QED) is 0.844. The lowest BCUT2D eigenvalue weighted by Crippen LogP contribution is -2.39. The molecule has 1 aliphatic heterocycles. The van der Waals surface area contributed by atoms with Crippen molar-refractivity contribution in [2.24, 2.45) is 11.8 Å². The largest absolute Gasteiger partial charge is 0.497 e. The second-order valence-electron chi connectivity index (χ2n) is 6.10. The first-order valence-corrected chi connectivity index (χ1v) is 7.68. The highest BCUT2D eigenvalue weighted by Gasteiger charge is 2.34. The van der Waals surface area contributed by atoms with E-state index in [1.807, 2.05) is 12.1 Å². The van der Waals surface area contributed by atoms with Crippen molar-refractivity contribution in [2.45, 2.75) is 32.1 Å². The van der Waals surface area contributed by atoms with E-state index in [9.17, 15) is 4.79 Å². The van der Waals surface area contributed by atoms with Crippen LogP contribution in [0.2, 0.25) is 0 Å². The molecule has 1 heterocycles. The Kier molecular flexibility index (Phi) is 3.95. The molecule has 108 valence electrons. The van der Waals surface area contributed by atoms with E-state index in [2.05, 4.69) is 17.0 Å². The highest BCUT2D eigenvalue weighted by atomic mass is 16.5. The molecule has 1 aromatic rings. The summed E-state index contributed by atoms with van der Waals surface area (Å²) in [6.07, 6.45) is 5.64. The molecule has 1 saturated carbocycles. The van der Waals surface area contributed by atoms with Gasteiger partial charge in [-0.3, -0.25) is 4.79 Å². The molecule has 0 spiro atoms. The minimum Gasteiger partial charge on any atom is -0.497 e. The number of benzene rings is 1. The molecule has 20 heavy (non-hydrogen) atoms. The highest BCUT2D eigenvalue weighted by molar-refractivity contribution is 5.81. The van der Waals surface area contributed by atoms with Gasteiger partial charge < -0.3 is 9.64 Å². The Morgan fingerprint density at radius 1 is 1.15 bits per heavy atom. The number of amides is 1. The third-order valence-corrected chi connectivity index (χ3v) is 4.54. The fraction of sp³-hybridized carbons (Fsp3) is 0.588. The summed E-state index contributed by atoms with van der Waals surface area (Å²) in [4.78, 5) is 14.1. The first kappa shape index (κ1) is 13.5. The van der Waals surface area contributed by atoms with Crippen LogP contribution in [0.15, 0.2) is 24.3 Å². The van der Waals surface area contributed by atoms with Gasteiger partial charge in [-0.2, -0.15) is 0 Å². The van der Waals surface area contributed by atoms with Gasteiger partial charge in [0.05, 0.1) is 7.11 Å². The normalized spacial score (nSPS) is 19.9. The van der Waals surface area contributed by atoms with Crippen LogP contribution >= 0.6 is 0 Å². The van der Waals surface area contributed by atoms with Crippen LogP contribution < -0.4 is 4.74 Å². The summed E-state index contributed by atoms with van der Waals surface area (Å²) < 4.78 is 5.18. The number of likely N-dealkylation sites (tertiary alicyclic amines) is 1. The standard InChI is InChI=1S/C17H23NO2/c1-20-16-6-2-13(3-7-16)12-14-8-10-18(11-9-14)17(19)15-4-5-15/h2-3,6-7,14-15H,4-5,8-12H2,1H3. The van der Waals surface area contributed by atoms with E-state index in [4.69, 9.17) is 4.74 Å². The maximum atomic E-state index is 12.0. The Morgan fingerprint density at radius 3 is 2.35 bits per heavy atom. The van der Waals surface area contributed by atoms with E-state index in [0.29, 0.717) is 17.7 Å². The summed E-state index contributed by atoms with van der Waals surface area (Å²) in [5.74, 6) is 2.41. The van der Waals surface area contributed by atoms with Gasteiger partial charge in [-0.05, 0) is 55.7 Å². The third kappa shape index (κ3) is 3.14. The molecule has 2 aliphatic rings. The molecule has 3 heteroatoms. The van der Waals surface area contributed by atoms with E-state index in [1.54, 1.807) is 7.11 Å². The van der Waals surface area contributed by atoms with Crippen molar-refractivity contribution in [1.82, 2.24) is 4.90 Å². The number of rotatable bonds is 4. The SMILES string of the molecule is COc1ccc(CC2CCN(C(=O)C3CC3)CC2)cc1. The van der Waals surface area contributed by atoms with Gasteiger partial charge in [-0.1, -0.05) is 12.1 Å². The van der Waals surface area contributed by atoms with Crippen molar-refractivity contribution in [2.75, 3.05) is 20.2 Å². The average molecular weight is 273 g/mol. The van der Waals surface area contributed by atoms with Gasteiger partial charge in [-0.25, -0.2) is 0 Å². The number of carbonyl (C=O) groups excluding carboxylic acids is 1. The molecule has 3 rings (SSSR count). The maximum absolute atomic E-state index is 12.0. The van der Waals surface area contributed by atoms with Gasteiger partial charge in [0.15, 0.2) is 0 Å². The molecule has 2 fully saturated rings. The molecule has 0 bridgehead atoms. The Morgan fingerprint density at radius 2 is 1.80 bits per heavy atom. The molecule has 3 nitrogen and oxygen atoms in total. The molecule has 1 aromatic carbocycles. The van der Waals surface area contributed by atoms with Crippen LogP contribution in [0.3, 0.4) is 0 Å². The Balaban J connectivity index is 1.48. The van der Waals surface area contributed by atoms with Gasteiger partial charge in [0, 0.05) is 19.0 Å². The summed E-state index contributed by atoms with van der Waals surface area (Å²) in [5, 5.41) is 0. The molecule has 1 aliphatic carbocycles. The van der Waals surface area contributed by atoms with Crippen molar-refractivity contribution in [3.05, 3.63) is 29.8 Å². The van der Waals surface area contributed by atoms with Gasteiger partial charge in [0.25, 0.3) is 0 Å². The van der Waals surface area contributed by atoms with Crippen LogP contribution in [-0.2, 0) is 11.2 Å². The van der Waals surface area contributed by atoms with Crippen LogP contribution in [-0.4, -0.2) is 31.0 Å². The zero-order valence-electron chi connectivity index (χ0n) is 12.2. The molecule has 0 N–H and O–H groups in total. The number of carbonyl (C=O) groups is 1. The number of hydrogen-bond donors (Lipinski definition) is 0. The first-order valence-electron chi connectivity index (χ1n) is 7.68. The van der Waals surface area contributed by atoms with Crippen molar-refractivity contribution >= 4 is 5.91 Å². The average Bonchev–Trinajstić information content (AvgIpc) is 3.33. The predicted molar refractivity (Wildman–Crippen MR) is 78.7 cm³/mol. The van der Waals surface area contributed by atoms with Crippen molar-refractivity contribution < 1.29 is 9.53 Å². The summed E-state index contributed by atoms with van der Waals surface area (Å²) in [6, 6.07) is 8.36. The second kappa shape index (κ2) is 5.86. The van der Waals surface area contributed by atoms with Crippen LogP contribution in [0.1, 0.15) is 31.2 Å². The van der Waals surface area contributed by atoms with E-state index in [1.165, 1.54) is 5.56 Å². The molecule has 0 radical (unpaired) electrons. The van der Waals surface area contributed by atoms with Crippen LogP contribution in [0.5, 0.6) is 5.75 Å². The van der Waals surface area contributed by atoms with E-state index >= 15 is 0 Å². The summed E-state index contributed by atoms with van der Waals surface area (Å²) in [6.45, 7) is 1.91. The number of piperidine rings is 1. The van der Waals surface area contributed by atoms with Gasteiger partial charge in [-0.15, -0.1) is 0 Å². The summed E-state index contributed by atoms with van der Waals surface area (Å²) in [5.41, 5.74) is 1.37. The predicted octanol–water partition coefficient (Wildman–Crippen LogP) is 2.89. The van der Waals surface area contributed by atoms with Crippen LogP contribution in [0.4, 0.5) is 0 Å². The topological polar surface area (TPSA) is 29.5 Å². The highest BCUT2D eigenvalue weighted by Crippen LogP contribution is 2.33. The van der Waals surface area contributed by atoms with Gasteiger partial charge in [0.1, 0.15) is 5.75 Å². The molecule has 0 unspecified atom stereocenters. The molecule has 0 aromatic heterocycles. The zero-order valence-corrected chi connectivity index (χ0v) is 12.2. The monoisotopic (exact) mass is 273 g/mol. The zero-order chi connectivity index (χ0) is 13.9. The minimum absolute atomic E-state index is 0.369. The van der Waals surface area contributed by atoms with Crippen LogP contribution in [0.25, 0.3) is 0 Å². The van der Waals surface area contributed by atoms with E-state index in [0.717, 1.165) is 50.9 Å². The first-order chi connectivity index (χ1) is 9.76. The lowest BCUT2D eigenvalue weighted by atomic mass is 9.90. The Labute approximate surface area is 120 Å². The molecule has 0 atom stereocenters. The minimum atomic E-state index is 0.369. The maximum Gasteiger partial charge on any atom is 0.225 e. The number of nitrogens with zero attached hydrogens (tertiary/aromatic N) is 1. The van der Waals surface area contributed by atoms with E-state index in [-0.39, 0.29) is 0 Å². The lowest BCUT2D eigenvalue weighted by molar-refractivity contribution is -0.133. The fourth-order valence-electron chi connectivity index (χ4n) is 3.04. The number of methoxy groups -OCH3 is 1. The lowest BCUT2D eigenvalue weighted by Gasteiger charge is -2.32. The number of hydrogen-bond acceptors (Lipinski definition) is 2. The summed E-state index contributed by atoms with van der Waals surface area (Å²) >= 11 is 0. The molecular formula is C17H23NO2. The van der Waals surface area contributed by atoms with Crippen molar-refractivity contribution in [1.29, 1.82) is 0 Å².